The predicted octanol–water partition coefficient (Wildman–Crippen LogP) is 4.40. The molecule has 0 aliphatic heterocycles. The Bertz CT molecular complexity index is 1330. The summed E-state index contributed by atoms with van der Waals surface area (Å²) in [5, 5.41) is 16.2. The van der Waals surface area contributed by atoms with Gasteiger partial charge >= 0.3 is 0 Å². The van der Waals surface area contributed by atoms with Gasteiger partial charge < -0.3 is 20.3 Å². The number of halogens is 3. The van der Waals surface area contributed by atoms with Gasteiger partial charge in [-0.1, -0.05) is 42.5 Å². The minimum Gasteiger partial charge on any atom is -0.387 e. The Morgan fingerprint density at radius 2 is 1.70 bits per heavy atom. The highest BCUT2D eigenvalue weighted by Crippen LogP contribution is 2.17. The maximum Gasteiger partial charge on any atom is 0.231 e. The molecule has 0 fully saturated rings. The largest absolute Gasteiger partial charge is 0.387 e. The van der Waals surface area contributed by atoms with Crippen LogP contribution in [0.1, 0.15) is 28.6 Å². The van der Waals surface area contributed by atoms with Crippen LogP contribution in [-0.2, 0) is 24.2 Å². The number of nitrogens with zero attached hydrogens (tertiary/aromatic N) is 2. The lowest BCUT2D eigenvalue weighted by molar-refractivity contribution is -0.115. The van der Waals surface area contributed by atoms with E-state index in [9.17, 15) is 23.1 Å². The second-order valence-electron chi connectivity index (χ2n) is 8.63. The summed E-state index contributed by atoms with van der Waals surface area (Å²) in [6.45, 7) is 1.06. The first-order valence-electron chi connectivity index (χ1n) is 11.8. The van der Waals surface area contributed by atoms with E-state index in [1.807, 2.05) is 42.5 Å². The minimum atomic E-state index is -1.25. The molecule has 1 aromatic heterocycles. The number of hydrogen-bond donors (Lipinski definition) is 3. The van der Waals surface area contributed by atoms with Crippen LogP contribution in [0.2, 0.25) is 0 Å². The van der Waals surface area contributed by atoms with E-state index in [-0.39, 0.29) is 24.4 Å². The van der Waals surface area contributed by atoms with E-state index in [1.54, 1.807) is 18.3 Å². The summed E-state index contributed by atoms with van der Waals surface area (Å²) in [7, 11) is 0. The monoisotopic (exact) mass is 508 g/mol. The summed E-state index contributed by atoms with van der Waals surface area (Å²) in [4.78, 5) is 16.7. The molecule has 1 amide bonds. The third kappa shape index (κ3) is 7.28. The van der Waals surface area contributed by atoms with Gasteiger partial charge in [-0.3, -0.25) is 4.79 Å². The van der Waals surface area contributed by atoms with Gasteiger partial charge in [0.1, 0.15) is 11.6 Å². The molecular weight excluding hydrogens is 481 g/mol. The van der Waals surface area contributed by atoms with Crippen molar-refractivity contribution in [3.8, 4) is 0 Å². The standard InChI is InChI=1S/C28H27F3N4O2/c29-23-15-25(31)24(30)14-21(23)18-35-13-12-33-27(35)16-28(37)34-22-8-6-19(7-9-22)10-11-32-17-26(36)20-4-2-1-3-5-20/h1-9,12-15,26,32,36H,10-11,16-18H2,(H,34,37)/t26-/m0/s1. The number of nitrogens with one attached hydrogen (secondary N) is 2. The number of benzene rings is 3. The van der Waals surface area contributed by atoms with Gasteiger partial charge in [0.15, 0.2) is 11.6 Å². The normalized spacial score (nSPS) is 11.9. The number of carbonyl (C=O) groups excluding carboxylic acids is 1. The number of aliphatic hydroxyl groups excluding tert-OH is 1. The fourth-order valence-corrected chi connectivity index (χ4v) is 3.89. The molecule has 0 spiro atoms. The first-order valence-corrected chi connectivity index (χ1v) is 11.8. The molecule has 0 aliphatic carbocycles. The Morgan fingerprint density at radius 1 is 0.973 bits per heavy atom. The van der Waals surface area contributed by atoms with E-state index in [0.29, 0.717) is 30.7 Å². The van der Waals surface area contributed by atoms with Crippen LogP contribution in [0, 0.1) is 17.5 Å². The molecule has 0 aliphatic rings. The van der Waals surface area contributed by atoms with E-state index < -0.39 is 23.6 Å². The smallest absolute Gasteiger partial charge is 0.231 e. The van der Waals surface area contributed by atoms with Crippen molar-refractivity contribution in [2.75, 3.05) is 18.4 Å². The zero-order chi connectivity index (χ0) is 26.2. The Morgan fingerprint density at radius 3 is 2.46 bits per heavy atom. The van der Waals surface area contributed by atoms with E-state index in [1.165, 1.54) is 10.8 Å². The van der Waals surface area contributed by atoms with Crippen molar-refractivity contribution in [1.29, 1.82) is 0 Å². The molecule has 9 heteroatoms. The fourth-order valence-electron chi connectivity index (χ4n) is 3.89. The third-order valence-electron chi connectivity index (χ3n) is 5.90. The van der Waals surface area contributed by atoms with Gasteiger partial charge in [0.2, 0.25) is 5.91 Å². The second-order valence-corrected chi connectivity index (χ2v) is 8.63. The molecule has 4 rings (SSSR count). The first-order chi connectivity index (χ1) is 17.9. The molecule has 192 valence electrons. The topological polar surface area (TPSA) is 79.2 Å². The summed E-state index contributed by atoms with van der Waals surface area (Å²) in [5.41, 5.74) is 2.52. The van der Waals surface area contributed by atoms with Gasteiger partial charge in [-0.25, -0.2) is 18.2 Å². The molecule has 3 N–H and O–H groups in total. The molecule has 4 aromatic rings. The lowest BCUT2D eigenvalue weighted by Gasteiger charge is -2.12. The Balaban J connectivity index is 1.24. The Hall–Kier alpha value is -3.95. The Kier molecular flexibility index (Phi) is 8.71. The highest BCUT2D eigenvalue weighted by atomic mass is 19.2. The highest BCUT2D eigenvalue weighted by Gasteiger charge is 2.14. The Labute approximate surface area is 212 Å². The van der Waals surface area contributed by atoms with Crippen molar-refractivity contribution in [3.63, 3.8) is 0 Å². The van der Waals surface area contributed by atoms with Crippen molar-refractivity contribution < 1.29 is 23.1 Å². The molecule has 3 aromatic carbocycles. The van der Waals surface area contributed by atoms with E-state index in [2.05, 4.69) is 15.6 Å². The molecule has 6 nitrogen and oxygen atoms in total. The quantitative estimate of drug-likeness (QED) is 0.207. The van der Waals surface area contributed by atoms with E-state index >= 15 is 0 Å². The lowest BCUT2D eigenvalue weighted by Crippen LogP contribution is -2.23. The predicted molar refractivity (Wildman–Crippen MR) is 134 cm³/mol. The molecule has 0 radical (unpaired) electrons. The van der Waals surface area contributed by atoms with Crippen molar-refractivity contribution >= 4 is 11.6 Å². The maximum atomic E-state index is 14.0. The van der Waals surface area contributed by atoms with Crippen molar-refractivity contribution in [1.82, 2.24) is 14.9 Å². The molecule has 1 atom stereocenters. The zero-order valence-corrected chi connectivity index (χ0v) is 20.0. The number of amides is 1. The van der Waals surface area contributed by atoms with Crippen LogP contribution in [0.15, 0.2) is 79.1 Å². The summed E-state index contributed by atoms with van der Waals surface area (Å²) in [5.74, 6) is -3.22. The maximum absolute atomic E-state index is 14.0. The van der Waals surface area contributed by atoms with Crippen LogP contribution in [0.25, 0.3) is 0 Å². The van der Waals surface area contributed by atoms with E-state index in [0.717, 1.165) is 23.6 Å². The molecule has 1 heterocycles. The van der Waals surface area contributed by atoms with Crippen LogP contribution in [0.5, 0.6) is 0 Å². The zero-order valence-electron chi connectivity index (χ0n) is 20.0. The van der Waals surface area contributed by atoms with Crippen molar-refractivity contribution in [2.45, 2.75) is 25.5 Å². The minimum absolute atomic E-state index is 0.0433. The van der Waals surface area contributed by atoms with Crippen LogP contribution < -0.4 is 10.6 Å². The molecule has 0 bridgehead atoms. The SMILES string of the molecule is O=C(Cc1nccn1Cc1cc(F)c(F)cc1F)Nc1ccc(CCNC[C@H](O)c2ccccc2)cc1. The number of imidazole rings is 1. The molecule has 0 unspecified atom stereocenters. The third-order valence-corrected chi connectivity index (χ3v) is 5.90. The van der Waals surface area contributed by atoms with Gasteiger partial charge in [0.05, 0.1) is 19.1 Å². The number of aromatic nitrogens is 2. The van der Waals surface area contributed by atoms with Gasteiger partial charge in [-0.15, -0.1) is 0 Å². The van der Waals surface area contributed by atoms with Crippen molar-refractivity contribution in [2.24, 2.45) is 0 Å². The van der Waals surface area contributed by atoms with E-state index in [4.69, 9.17) is 0 Å². The van der Waals surface area contributed by atoms with Crippen LogP contribution in [0.3, 0.4) is 0 Å². The molecule has 0 saturated carbocycles. The average Bonchev–Trinajstić information content (AvgIpc) is 3.32. The number of hydrogen-bond acceptors (Lipinski definition) is 4. The van der Waals surface area contributed by atoms with Crippen LogP contribution in [-0.4, -0.2) is 33.7 Å². The van der Waals surface area contributed by atoms with Gasteiger partial charge in [-0.2, -0.15) is 0 Å². The number of carbonyl (C=O) groups is 1. The van der Waals surface area contributed by atoms with Crippen LogP contribution >= 0.6 is 0 Å². The van der Waals surface area contributed by atoms with Crippen molar-refractivity contribution in [3.05, 3.63) is 119 Å². The van der Waals surface area contributed by atoms with Gasteiger partial charge in [0, 0.05) is 36.3 Å². The van der Waals surface area contributed by atoms with Gasteiger partial charge in [-0.05, 0) is 42.3 Å². The number of rotatable bonds is 11. The molecule has 37 heavy (non-hydrogen) atoms. The van der Waals surface area contributed by atoms with Gasteiger partial charge in [0.25, 0.3) is 0 Å². The molecule has 0 saturated heterocycles. The molecular formula is C28H27F3N4O2. The number of aliphatic hydroxyl groups is 1. The number of anilines is 1. The lowest BCUT2D eigenvalue weighted by atomic mass is 10.1. The summed E-state index contributed by atoms with van der Waals surface area (Å²) in [6.07, 6.45) is 3.12. The fraction of sp³-hybridized carbons (Fsp3) is 0.214. The highest BCUT2D eigenvalue weighted by molar-refractivity contribution is 5.91. The summed E-state index contributed by atoms with van der Waals surface area (Å²) in [6, 6.07) is 18.2. The summed E-state index contributed by atoms with van der Waals surface area (Å²) >= 11 is 0. The summed E-state index contributed by atoms with van der Waals surface area (Å²) < 4.78 is 42.2. The first kappa shape index (κ1) is 26.1. The average molecular weight is 509 g/mol. The second kappa shape index (κ2) is 12.3. The van der Waals surface area contributed by atoms with Crippen LogP contribution in [0.4, 0.5) is 18.9 Å².